The summed E-state index contributed by atoms with van der Waals surface area (Å²) >= 11 is 0. The fourth-order valence-electron chi connectivity index (χ4n) is 1.52. The van der Waals surface area contributed by atoms with Gasteiger partial charge in [-0.2, -0.15) is 0 Å². The summed E-state index contributed by atoms with van der Waals surface area (Å²) in [6.07, 6.45) is 0.800. The first-order valence-corrected chi connectivity index (χ1v) is 6.05. The normalized spacial score (nSPS) is 11.1. The van der Waals surface area contributed by atoms with Crippen LogP contribution in [0.2, 0.25) is 0 Å². The molecule has 0 radical (unpaired) electrons. The third-order valence-electron chi connectivity index (χ3n) is 2.23. The summed E-state index contributed by atoms with van der Waals surface area (Å²) in [4.78, 5) is 11.5. The predicted molar refractivity (Wildman–Crippen MR) is 71.6 cm³/mol. The lowest BCUT2D eigenvalue weighted by Crippen LogP contribution is -2.27. The Hall–Kier alpha value is -1.71. The van der Waals surface area contributed by atoms with Gasteiger partial charge in [-0.05, 0) is 51.0 Å². The van der Waals surface area contributed by atoms with E-state index in [1.54, 1.807) is 12.1 Å². The lowest BCUT2D eigenvalue weighted by Gasteiger charge is -2.19. The molecule has 1 aromatic rings. The van der Waals surface area contributed by atoms with Gasteiger partial charge in [0.1, 0.15) is 11.4 Å². The molecular formula is C14H21NO3. The molecule has 0 fully saturated rings. The summed E-state index contributed by atoms with van der Waals surface area (Å²) in [6.45, 7) is 7.39. The maximum Gasteiger partial charge on any atom is 0.344 e. The second-order valence-electron chi connectivity index (χ2n) is 5.10. The van der Waals surface area contributed by atoms with E-state index < -0.39 is 5.60 Å². The number of carbonyl (C=O) groups excluding carboxylic acids is 1. The lowest BCUT2D eigenvalue weighted by molar-refractivity contribution is -0.157. The Labute approximate surface area is 108 Å². The van der Waals surface area contributed by atoms with Crippen molar-refractivity contribution in [2.24, 2.45) is 0 Å². The summed E-state index contributed by atoms with van der Waals surface area (Å²) in [5.41, 5.74) is 6.88. The minimum atomic E-state index is -0.491. The summed E-state index contributed by atoms with van der Waals surface area (Å²) < 4.78 is 10.6. The van der Waals surface area contributed by atoms with Crippen LogP contribution < -0.4 is 10.5 Å². The van der Waals surface area contributed by atoms with E-state index in [4.69, 9.17) is 15.2 Å². The van der Waals surface area contributed by atoms with Crippen molar-refractivity contribution in [3.63, 3.8) is 0 Å². The smallest absolute Gasteiger partial charge is 0.344 e. The van der Waals surface area contributed by atoms with E-state index in [9.17, 15) is 4.79 Å². The van der Waals surface area contributed by atoms with Crippen LogP contribution in [0.1, 0.15) is 33.3 Å². The van der Waals surface area contributed by atoms with Gasteiger partial charge in [-0.15, -0.1) is 0 Å². The molecule has 2 N–H and O–H groups in total. The maximum atomic E-state index is 11.5. The van der Waals surface area contributed by atoms with E-state index in [-0.39, 0.29) is 12.6 Å². The summed E-state index contributed by atoms with van der Waals surface area (Å²) in [5.74, 6) is 0.305. The third kappa shape index (κ3) is 4.65. The topological polar surface area (TPSA) is 61.5 Å². The third-order valence-corrected chi connectivity index (χ3v) is 2.23. The Morgan fingerprint density at radius 1 is 1.33 bits per heavy atom. The molecule has 0 amide bonds. The molecule has 0 spiro atoms. The number of rotatable bonds is 4. The van der Waals surface area contributed by atoms with Crippen molar-refractivity contribution < 1.29 is 14.3 Å². The summed E-state index contributed by atoms with van der Waals surface area (Å²) in [5, 5.41) is 0. The number of esters is 1. The highest BCUT2D eigenvalue weighted by Crippen LogP contribution is 2.22. The zero-order valence-electron chi connectivity index (χ0n) is 11.4. The molecule has 0 saturated heterocycles. The van der Waals surface area contributed by atoms with Gasteiger partial charge in [0.25, 0.3) is 0 Å². The molecule has 18 heavy (non-hydrogen) atoms. The number of aryl methyl sites for hydroxylation is 1. The molecule has 0 aliphatic carbocycles. The van der Waals surface area contributed by atoms with Gasteiger partial charge in [0.2, 0.25) is 0 Å². The van der Waals surface area contributed by atoms with Crippen LogP contribution in [-0.4, -0.2) is 18.2 Å². The van der Waals surface area contributed by atoms with E-state index in [0.29, 0.717) is 11.4 Å². The minimum absolute atomic E-state index is 0.0891. The first-order valence-electron chi connectivity index (χ1n) is 6.05. The fraction of sp³-hybridized carbons (Fsp3) is 0.500. The molecule has 0 aliphatic rings. The van der Waals surface area contributed by atoms with Crippen LogP contribution in [0.3, 0.4) is 0 Å². The van der Waals surface area contributed by atoms with Gasteiger partial charge in [-0.3, -0.25) is 0 Å². The van der Waals surface area contributed by atoms with Crippen LogP contribution >= 0.6 is 0 Å². The van der Waals surface area contributed by atoms with E-state index >= 15 is 0 Å². The van der Waals surface area contributed by atoms with Crippen LogP contribution in [0.15, 0.2) is 18.2 Å². The number of benzene rings is 1. The number of anilines is 1. The number of carbonyl (C=O) groups is 1. The summed E-state index contributed by atoms with van der Waals surface area (Å²) in [7, 11) is 0. The minimum Gasteiger partial charge on any atom is -0.482 e. The maximum absolute atomic E-state index is 11.5. The Kier molecular flexibility index (Phi) is 4.59. The first kappa shape index (κ1) is 14.4. The van der Waals surface area contributed by atoms with Crippen LogP contribution in [0, 0.1) is 0 Å². The predicted octanol–water partition coefficient (Wildman–Crippen LogP) is 2.55. The summed E-state index contributed by atoms with van der Waals surface area (Å²) in [6, 6.07) is 5.38. The van der Waals surface area contributed by atoms with Crippen LogP contribution in [0.25, 0.3) is 0 Å². The Balaban J connectivity index is 2.61. The highest BCUT2D eigenvalue weighted by atomic mass is 16.6. The van der Waals surface area contributed by atoms with Gasteiger partial charge < -0.3 is 15.2 Å². The van der Waals surface area contributed by atoms with Crippen LogP contribution in [0.5, 0.6) is 5.75 Å². The van der Waals surface area contributed by atoms with Crippen molar-refractivity contribution >= 4 is 11.7 Å². The van der Waals surface area contributed by atoms with Crippen molar-refractivity contribution in [3.05, 3.63) is 23.8 Å². The first-order chi connectivity index (χ1) is 8.31. The Morgan fingerprint density at radius 2 is 2.00 bits per heavy atom. The van der Waals surface area contributed by atoms with Gasteiger partial charge in [0, 0.05) is 5.69 Å². The Bertz CT molecular complexity index is 422. The van der Waals surface area contributed by atoms with Gasteiger partial charge >= 0.3 is 5.97 Å². The molecule has 0 aliphatic heterocycles. The standard InChI is InChI=1S/C14H21NO3/c1-5-10-8-11(15)6-7-12(10)17-9-13(16)18-14(2,3)4/h6-8H,5,9,15H2,1-4H3. The number of nitrogen functional groups attached to an aromatic ring is 1. The lowest BCUT2D eigenvalue weighted by atomic mass is 10.1. The highest BCUT2D eigenvalue weighted by Gasteiger charge is 2.16. The molecule has 4 nitrogen and oxygen atoms in total. The van der Waals surface area contributed by atoms with Gasteiger partial charge in [-0.1, -0.05) is 6.92 Å². The van der Waals surface area contributed by atoms with Gasteiger partial charge in [0.15, 0.2) is 6.61 Å². The van der Waals surface area contributed by atoms with Crippen molar-refractivity contribution in [3.8, 4) is 5.75 Å². The van der Waals surface area contributed by atoms with E-state index in [2.05, 4.69) is 0 Å². The molecule has 1 aromatic carbocycles. The molecule has 0 atom stereocenters. The van der Waals surface area contributed by atoms with E-state index in [1.807, 2.05) is 33.8 Å². The zero-order valence-corrected chi connectivity index (χ0v) is 11.4. The molecule has 0 aromatic heterocycles. The highest BCUT2D eigenvalue weighted by molar-refractivity contribution is 5.71. The molecule has 0 heterocycles. The van der Waals surface area contributed by atoms with Crippen molar-refractivity contribution in [2.45, 2.75) is 39.7 Å². The molecule has 4 heteroatoms. The Morgan fingerprint density at radius 3 is 2.56 bits per heavy atom. The van der Waals surface area contributed by atoms with Crippen molar-refractivity contribution in [1.82, 2.24) is 0 Å². The SMILES string of the molecule is CCc1cc(N)ccc1OCC(=O)OC(C)(C)C. The van der Waals surface area contributed by atoms with Crippen LogP contribution in [0.4, 0.5) is 5.69 Å². The van der Waals surface area contributed by atoms with Gasteiger partial charge in [-0.25, -0.2) is 4.79 Å². The monoisotopic (exact) mass is 251 g/mol. The van der Waals surface area contributed by atoms with E-state index in [0.717, 1.165) is 12.0 Å². The van der Waals surface area contributed by atoms with Crippen LogP contribution in [-0.2, 0) is 16.0 Å². The molecule has 0 unspecified atom stereocenters. The number of hydrogen-bond acceptors (Lipinski definition) is 4. The zero-order chi connectivity index (χ0) is 13.8. The molecule has 0 bridgehead atoms. The van der Waals surface area contributed by atoms with Crippen molar-refractivity contribution in [1.29, 1.82) is 0 Å². The second kappa shape index (κ2) is 5.76. The van der Waals surface area contributed by atoms with Gasteiger partial charge in [0.05, 0.1) is 0 Å². The largest absolute Gasteiger partial charge is 0.482 e. The number of hydrogen-bond donors (Lipinski definition) is 1. The fourth-order valence-corrected chi connectivity index (χ4v) is 1.52. The number of nitrogens with two attached hydrogens (primary N) is 1. The quantitative estimate of drug-likeness (QED) is 0.660. The molecule has 0 saturated carbocycles. The number of ether oxygens (including phenoxy) is 2. The molecule has 1 rings (SSSR count). The van der Waals surface area contributed by atoms with E-state index in [1.165, 1.54) is 0 Å². The second-order valence-corrected chi connectivity index (χ2v) is 5.10. The average Bonchev–Trinajstić information content (AvgIpc) is 2.24. The van der Waals surface area contributed by atoms with Crippen molar-refractivity contribution in [2.75, 3.05) is 12.3 Å². The average molecular weight is 251 g/mol. The molecular weight excluding hydrogens is 230 g/mol. The molecule has 100 valence electrons.